The molecule has 4 aliphatic rings. The molecular formula is C47H47N7O4S. The molecule has 59 heavy (non-hydrogen) atoms. The van der Waals surface area contributed by atoms with Gasteiger partial charge in [0.15, 0.2) is 5.82 Å². The molecule has 10 rings (SSSR count). The van der Waals surface area contributed by atoms with E-state index in [2.05, 4.69) is 53.8 Å². The van der Waals surface area contributed by atoms with Crippen LogP contribution in [0.5, 0.6) is 5.88 Å². The number of benzene rings is 4. The number of anilines is 3. The number of amides is 1. The van der Waals surface area contributed by atoms with Gasteiger partial charge in [-0.15, -0.1) is 0 Å². The third-order valence-corrected chi connectivity index (χ3v) is 13.7. The molecule has 2 aliphatic carbocycles. The van der Waals surface area contributed by atoms with Gasteiger partial charge in [-0.1, -0.05) is 109 Å². The number of likely N-dealkylation sites (N-methyl/N-ethyl adjacent to an activating group) is 1. The SMILES string of the molecule is CN1CC(=O)Nc2cc(-c3ccccc3)c(-c3ccc(C4(N)CCC4)cc3)nc21.CN1c2cc(-c3ccccc3)c(-c3ccc(C4(N)CCC4)cc3)nc2OCS1(=O)=O. The molecule has 4 heterocycles. The monoisotopic (exact) mass is 805 g/mol. The molecule has 6 aromatic rings. The van der Waals surface area contributed by atoms with Gasteiger partial charge in [-0.2, -0.15) is 0 Å². The van der Waals surface area contributed by atoms with E-state index in [4.69, 9.17) is 26.2 Å². The van der Waals surface area contributed by atoms with Gasteiger partial charge in [0.2, 0.25) is 17.7 Å². The smallest absolute Gasteiger partial charge is 0.270 e. The number of carbonyl (C=O) groups excluding carboxylic acids is 1. The number of hydrogen-bond donors (Lipinski definition) is 3. The summed E-state index contributed by atoms with van der Waals surface area (Å²) in [6, 6.07) is 40.6. The van der Waals surface area contributed by atoms with Crippen LogP contribution in [-0.2, 0) is 25.9 Å². The molecule has 2 fully saturated rings. The van der Waals surface area contributed by atoms with Crippen molar-refractivity contribution in [2.75, 3.05) is 41.1 Å². The maximum Gasteiger partial charge on any atom is 0.270 e. The Labute approximate surface area is 345 Å². The van der Waals surface area contributed by atoms with Crippen molar-refractivity contribution in [3.63, 3.8) is 0 Å². The van der Waals surface area contributed by atoms with E-state index in [1.807, 2.05) is 84.7 Å². The zero-order chi connectivity index (χ0) is 40.9. The van der Waals surface area contributed by atoms with E-state index in [1.54, 1.807) is 0 Å². The van der Waals surface area contributed by atoms with E-state index >= 15 is 0 Å². The van der Waals surface area contributed by atoms with E-state index in [0.717, 1.165) is 93.9 Å². The molecule has 0 bridgehead atoms. The molecule has 5 N–H and O–H groups in total. The largest absolute Gasteiger partial charge is 0.458 e. The van der Waals surface area contributed by atoms with Crippen LogP contribution in [0.25, 0.3) is 44.8 Å². The Morgan fingerprint density at radius 2 is 1.15 bits per heavy atom. The van der Waals surface area contributed by atoms with Crippen LogP contribution in [0.3, 0.4) is 0 Å². The summed E-state index contributed by atoms with van der Waals surface area (Å²) in [5, 5.41) is 2.96. The van der Waals surface area contributed by atoms with Crippen LogP contribution in [0.1, 0.15) is 49.7 Å². The lowest BCUT2D eigenvalue weighted by Gasteiger charge is -2.38. The van der Waals surface area contributed by atoms with Crippen molar-refractivity contribution in [3.8, 4) is 50.6 Å². The van der Waals surface area contributed by atoms with Crippen molar-refractivity contribution in [2.24, 2.45) is 11.5 Å². The molecule has 0 saturated heterocycles. The van der Waals surface area contributed by atoms with Gasteiger partial charge in [-0.05, 0) is 72.9 Å². The molecular weight excluding hydrogens is 759 g/mol. The first-order chi connectivity index (χ1) is 28.4. The number of nitrogens with zero attached hydrogens (tertiary/aromatic N) is 4. The lowest BCUT2D eigenvalue weighted by molar-refractivity contribution is -0.115. The van der Waals surface area contributed by atoms with Gasteiger partial charge in [-0.25, -0.2) is 18.4 Å². The summed E-state index contributed by atoms with van der Waals surface area (Å²) in [6.45, 7) is 0.304. The van der Waals surface area contributed by atoms with Gasteiger partial charge >= 0.3 is 0 Å². The van der Waals surface area contributed by atoms with Crippen LogP contribution in [0.15, 0.2) is 121 Å². The molecule has 0 unspecified atom stereocenters. The summed E-state index contributed by atoms with van der Waals surface area (Å²) in [6.07, 6.45) is 6.46. The molecule has 11 nitrogen and oxygen atoms in total. The Bertz CT molecular complexity index is 2650. The summed E-state index contributed by atoms with van der Waals surface area (Å²) in [7, 11) is -0.0866. The van der Waals surface area contributed by atoms with E-state index in [-0.39, 0.29) is 17.0 Å². The van der Waals surface area contributed by atoms with Crippen LogP contribution in [-0.4, -0.2) is 50.9 Å². The van der Waals surface area contributed by atoms with Crippen molar-refractivity contribution in [1.29, 1.82) is 0 Å². The average Bonchev–Trinajstić information content (AvgIpc) is 3.23. The van der Waals surface area contributed by atoms with E-state index in [9.17, 15) is 13.2 Å². The minimum atomic E-state index is -3.51. The molecule has 2 aromatic heterocycles. The van der Waals surface area contributed by atoms with Gasteiger partial charge < -0.3 is 26.4 Å². The van der Waals surface area contributed by atoms with Gasteiger partial charge in [0.05, 0.1) is 23.6 Å². The van der Waals surface area contributed by atoms with Gasteiger partial charge in [0.25, 0.3) is 10.0 Å². The molecule has 0 atom stereocenters. The van der Waals surface area contributed by atoms with E-state index < -0.39 is 16.0 Å². The molecule has 4 aromatic carbocycles. The maximum absolute atomic E-state index is 12.3. The van der Waals surface area contributed by atoms with Gasteiger partial charge in [-0.3, -0.25) is 9.10 Å². The molecule has 0 radical (unpaired) electrons. The molecule has 2 saturated carbocycles. The van der Waals surface area contributed by atoms with Crippen LogP contribution >= 0.6 is 0 Å². The number of fused-ring (bicyclic) bond motifs is 2. The number of ether oxygens (including phenoxy) is 1. The summed E-state index contributed by atoms with van der Waals surface area (Å²) in [5.74, 6) is 0.673. The first-order valence-electron chi connectivity index (χ1n) is 20.0. The second-order valence-corrected chi connectivity index (χ2v) is 18.1. The highest BCUT2D eigenvalue weighted by molar-refractivity contribution is 7.92. The average molecular weight is 806 g/mol. The van der Waals surface area contributed by atoms with Gasteiger partial charge in [0, 0.05) is 47.4 Å². The van der Waals surface area contributed by atoms with E-state index in [1.165, 1.54) is 23.3 Å². The summed E-state index contributed by atoms with van der Waals surface area (Å²) in [5.41, 5.74) is 23.6. The quantitative estimate of drug-likeness (QED) is 0.152. The fourth-order valence-corrected chi connectivity index (χ4v) is 9.12. The molecule has 2 aliphatic heterocycles. The molecule has 300 valence electrons. The molecule has 12 heteroatoms. The van der Waals surface area contributed by atoms with Crippen LogP contribution in [0.2, 0.25) is 0 Å². The second kappa shape index (κ2) is 14.9. The third-order valence-electron chi connectivity index (χ3n) is 12.2. The summed E-state index contributed by atoms with van der Waals surface area (Å²) in [4.78, 5) is 23.6. The molecule has 0 spiro atoms. The van der Waals surface area contributed by atoms with Crippen molar-refractivity contribution in [1.82, 2.24) is 9.97 Å². The van der Waals surface area contributed by atoms with Gasteiger partial charge in [0.1, 0.15) is 5.69 Å². The predicted molar refractivity (Wildman–Crippen MR) is 234 cm³/mol. The molecule has 1 amide bonds. The van der Waals surface area contributed by atoms with E-state index in [0.29, 0.717) is 18.1 Å². The first kappa shape index (κ1) is 38.4. The van der Waals surface area contributed by atoms with Crippen molar-refractivity contribution in [3.05, 3.63) is 132 Å². The minimum Gasteiger partial charge on any atom is -0.458 e. The topological polar surface area (TPSA) is 157 Å². The zero-order valence-corrected chi connectivity index (χ0v) is 34.0. The number of pyridine rings is 2. The number of hydrogen-bond acceptors (Lipinski definition) is 9. The second-order valence-electron chi connectivity index (χ2n) is 16.1. The van der Waals surface area contributed by atoms with Crippen LogP contribution < -0.4 is 30.7 Å². The normalized spacial score (nSPS) is 18.1. The number of aromatic nitrogens is 2. The number of nitrogens with two attached hydrogens (primary N) is 2. The Morgan fingerprint density at radius 1 is 0.661 bits per heavy atom. The lowest BCUT2D eigenvalue weighted by Crippen LogP contribution is -2.43. The number of nitrogens with one attached hydrogen (secondary N) is 1. The lowest BCUT2D eigenvalue weighted by atomic mass is 9.72. The number of carbonyl (C=O) groups is 1. The number of rotatable bonds is 6. The fourth-order valence-electron chi connectivity index (χ4n) is 8.27. The highest BCUT2D eigenvalue weighted by Gasteiger charge is 2.36. The first-order valence-corrected chi connectivity index (χ1v) is 21.6. The highest BCUT2D eigenvalue weighted by Crippen LogP contribution is 2.44. The Balaban J connectivity index is 0.000000152. The standard InChI is InChI=1S/C24H24N4O.C23H23N3O3S/c1-28-15-21(29)26-20-14-19(16-6-3-2-4-7-16)22(27-23(20)28)17-8-10-18(11-9-17)24(25)12-5-13-24;1-26-20-14-19(16-6-3-2-4-7-16)21(25-22(20)29-15-30(26,27)28)17-8-10-18(11-9-17)23(24)12-5-13-23/h2-4,6-11,14H,5,12-13,15,25H2,1H3,(H,26,29);2-4,6-11,14H,5,12-13,15,24H2,1H3. The third kappa shape index (κ3) is 7.21. The maximum atomic E-state index is 12.3. The highest BCUT2D eigenvalue weighted by atomic mass is 32.2. The van der Waals surface area contributed by atoms with Crippen molar-refractivity contribution >= 4 is 33.1 Å². The Hall–Kier alpha value is -6.08. The van der Waals surface area contributed by atoms with Crippen molar-refractivity contribution < 1.29 is 17.9 Å². The Morgan fingerprint density at radius 3 is 1.64 bits per heavy atom. The zero-order valence-electron chi connectivity index (χ0n) is 33.2. The van der Waals surface area contributed by atoms with Crippen LogP contribution in [0, 0.1) is 0 Å². The minimum absolute atomic E-state index is 0.0216. The summed E-state index contributed by atoms with van der Waals surface area (Å²) >= 11 is 0. The van der Waals surface area contributed by atoms with Crippen molar-refractivity contribution in [2.45, 2.75) is 49.6 Å². The summed E-state index contributed by atoms with van der Waals surface area (Å²) < 4.78 is 31.3. The fraction of sp³-hybridized carbons (Fsp3) is 0.255. The van der Waals surface area contributed by atoms with Crippen LogP contribution in [0.4, 0.5) is 17.2 Å². The predicted octanol–water partition coefficient (Wildman–Crippen LogP) is 8.01. The number of sulfonamides is 1. The Kier molecular flexibility index (Phi) is 9.73.